The number of likely N-dealkylation sites (N-methyl/N-ethyl adjacent to an activating group) is 1. The second kappa shape index (κ2) is 7.77. The maximum atomic E-state index is 5.90. The molecule has 5 heteroatoms. The predicted octanol–water partition coefficient (Wildman–Crippen LogP) is 4.26. The van der Waals surface area contributed by atoms with E-state index in [9.17, 15) is 0 Å². The highest BCUT2D eigenvalue weighted by Gasteiger charge is 2.15. The SMILES string of the molecule is CN1C=NC=CC1c1ccc(CNCCc2ccc(Cl)cc2)s1. The number of benzene rings is 1. The standard InChI is InChI=1S/C18H20ClN3S/c1-22-13-21-11-9-17(22)18-7-6-16(23-18)12-20-10-8-14-2-4-15(19)5-3-14/h2-7,9,11,13,17,20H,8,10,12H2,1H3. The minimum Gasteiger partial charge on any atom is -0.354 e. The van der Waals surface area contributed by atoms with Crippen molar-refractivity contribution in [3.63, 3.8) is 0 Å². The largest absolute Gasteiger partial charge is 0.354 e. The first-order valence-electron chi connectivity index (χ1n) is 7.68. The van der Waals surface area contributed by atoms with Gasteiger partial charge in [-0.15, -0.1) is 11.3 Å². The van der Waals surface area contributed by atoms with Gasteiger partial charge in [0.05, 0.1) is 12.4 Å². The highest BCUT2D eigenvalue weighted by atomic mass is 35.5. The van der Waals surface area contributed by atoms with Gasteiger partial charge < -0.3 is 10.2 Å². The summed E-state index contributed by atoms with van der Waals surface area (Å²) in [4.78, 5) is 8.98. The van der Waals surface area contributed by atoms with Gasteiger partial charge >= 0.3 is 0 Å². The van der Waals surface area contributed by atoms with E-state index in [1.165, 1.54) is 15.3 Å². The van der Waals surface area contributed by atoms with Crippen LogP contribution < -0.4 is 5.32 Å². The molecule has 0 bridgehead atoms. The minimum absolute atomic E-state index is 0.306. The number of nitrogens with zero attached hydrogens (tertiary/aromatic N) is 2. The molecule has 0 radical (unpaired) electrons. The summed E-state index contributed by atoms with van der Waals surface area (Å²) >= 11 is 7.76. The molecule has 1 aliphatic heterocycles. The molecule has 1 aromatic heterocycles. The molecule has 3 rings (SSSR count). The van der Waals surface area contributed by atoms with E-state index >= 15 is 0 Å². The summed E-state index contributed by atoms with van der Waals surface area (Å²) in [6, 6.07) is 12.8. The molecule has 0 saturated carbocycles. The van der Waals surface area contributed by atoms with Crippen molar-refractivity contribution in [3.05, 3.63) is 69.0 Å². The molecule has 2 heterocycles. The average Bonchev–Trinajstić information content (AvgIpc) is 3.02. The van der Waals surface area contributed by atoms with Gasteiger partial charge in [-0.05, 0) is 48.9 Å². The fraction of sp³-hybridized carbons (Fsp3) is 0.278. The first-order valence-corrected chi connectivity index (χ1v) is 8.87. The van der Waals surface area contributed by atoms with Crippen molar-refractivity contribution in [2.75, 3.05) is 13.6 Å². The molecule has 120 valence electrons. The quantitative estimate of drug-likeness (QED) is 0.792. The molecule has 3 nitrogen and oxygen atoms in total. The molecule has 1 N–H and O–H groups in total. The van der Waals surface area contributed by atoms with Crippen LogP contribution in [0, 0.1) is 0 Å². The number of aliphatic imine (C=N–C) groups is 1. The monoisotopic (exact) mass is 345 g/mol. The zero-order valence-corrected chi connectivity index (χ0v) is 14.6. The molecular formula is C18H20ClN3S. The van der Waals surface area contributed by atoms with Crippen LogP contribution in [0.25, 0.3) is 0 Å². The van der Waals surface area contributed by atoms with Crippen molar-refractivity contribution in [1.82, 2.24) is 10.2 Å². The number of hydrogen-bond donors (Lipinski definition) is 1. The zero-order chi connectivity index (χ0) is 16.1. The van der Waals surface area contributed by atoms with Crippen LogP contribution in [0.2, 0.25) is 5.02 Å². The van der Waals surface area contributed by atoms with E-state index in [1.54, 1.807) is 0 Å². The molecule has 1 aromatic carbocycles. The van der Waals surface area contributed by atoms with Crippen LogP contribution in [0.1, 0.15) is 21.4 Å². The number of thiophene rings is 1. The molecule has 0 amide bonds. The van der Waals surface area contributed by atoms with Crippen LogP contribution >= 0.6 is 22.9 Å². The highest BCUT2D eigenvalue weighted by molar-refractivity contribution is 7.12. The van der Waals surface area contributed by atoms with Gasteiger partial charge in [-0.3, -0.25) is 0 Å². The predicted molar refractivity (Wildman–Crippen MR) is 99.3 cm³/mol. The molecular weight excluding hydrogens is 326 g/mol. The normalized spacial score (nSPS) is 17.0. The fourth-order valence-corrected chi connectivity index (χ4v) is 3.76. The van der Waals surface area contributed by atoms with Crippen molar-refractivity contribution in [2.45, 2.75) is 19.0 Å². The molecule has 0 spiro atoms. The first-order chi connectivity index (χ1) is 11.2. The van der Waals surface area contributed by atoms with Crippen LogP contribution in [0.3, 0.4) is 0 Å². The van der Waals surface area contributed by atoms with Crippen LogP contribution in [-0.4, -0.2) is 24.8 Å². The van der Waals surface area contributed by atoms with E-state index in [2.05, 4.69) is 52.6 Å². The molecule has 2 aromatic rings. The lowest BCUT2D eigenvalue weighted by atomic mass is 10.1. The van der Waals surface area contributed by atoms with Crippen molar-refractivity contribution in [3.8, 4) is 0 Å². The Kier molecular flexibility index (Phi) is 5.49. The average molecular weight is 346 g/mol. The van der Waals surface area contributed by atoms with Crippen molar-refractivity contribution >= 4 is 29.3 Å². The lowest BCUT2D eigenvalue weighted by Crippen LogP contribution is -2.22. The number of hydrogen-bond acceptors (Lipinski definition) is 4. The zero-order valence-electron chi connectivity index (χ0n) is 13.1. The van der Waals surface area contributed by atoms with Gasteiger partial charge in [0.2, 0.25) is 0 Å². The van der Waals surface area contributed by atoms with Crippen LogP contribution in [-0.2, 0) is 13.0 Å². The van der Waals surface area contributed by atoms with E-state index < -0.39 is 0 Å². The Morgan fingerprint density at radius 2 is 2.04 bits per heavy atom. The summed E-state index contributed by atoms with van der Waals surface area (Å²) in [5.41, 5.74) is 1.31. The van der Waals surface area contributed by atoms with E-state index in [0.29, 0.717) is 6.04 Å². The highest BCUT2D eigenvalue weighted by Crippen LogP contribution is 2.28. The van der Waals surface area contributed by atoms with E-state index in [1.807, 2.05) is 36.0 Å². The van der Waals surface area contributed by atoms with Crippen molar-refractivity contribution in [1.29, 1.82) is 0 Å². The third-order valence-electron chi connectivity index (χ3n) is 3.82. The molecule has 0 saturated heterocycles. The topological polar surface area (TPSA) is 27.6 Å². The maximum Gasteiger partial charge on any atom is 0.0910 e. The summed E-state index contributed by atoms with van der Waals surface area (Å²) < 4.78 is 0. The summed E-state index contributed by atoms with van der Waals surface area (Å²) in [6.45, 7) is 1.87. The Balaban J connectivity index is 1.47. The number of halogens is 1. The van der Waals surface area contributed by atoms with Crippen LogP contribution in [0.15, 0.2) is 53.7 Å². The fourth-order valence-electron chi connectivity index (χ4n) is 2.52. The minimum atomic E-state index is 0.306. The van der Waals surface area contributed by atoms with Gasteiger partial charge in [0.25, 0.3) is 0 Å². The third-order valence-corrected chi connectivity index (χ3v) is 5.23. The number of rotatable bonds is 6. The Morgan fingerprint density at radius 1 is 1.22 bits per heavy atom. The summed E-state index contributed by atoms with van der Waals surface area (Å²) in [5.74, 6) is 0. The van der Waals surface area contributed by atoms with E-state index in [0.717, 1.165) is 24.5 Å². The van der Waals surface area contributed by atoms with Gasteiger partial charge in [-0.1, -0.05) is 23.7 Å². The Labute approximate surface area is 146 Å². The van der Waals surface area contributed by atoms with Crippen molar-refractivity contribution in [2.24, 2.45) is 4.99 Å². The number of nitrogens with one attached hydrogen (secondary N) is 1. The van der Waals surface area contributed by atoms with Crippen molar-refractivity contribution < 1.29 is 0 Å². The van der Waals surface area contributed by atoms with Gasteiger partial charge in [0, 0.05) is 34.6 Å². The lowest BCUT2D eigenvalue weighted by molar-refractivity contribution is 0.451. The van der Waals surface area contributed by atoms with E-state index in [4.69, 9.17) is 11.6 Å². The van der Waals surface area contributed by atoms with Gasteiger partial charge in [0.15, 0.2) is 0 Å². The molecule has 23 heavy (non-hydrogen) atoms. The van der Waals surface area contributed by atoms with Gasteiger partial charge in [-0.25, -0.2) is 4.99 Å². The summed E-state index contributed by atoms with van der Waals surface area (Å²) in [5, 5.41) is 4.30. The van der Waals surface area contributed by atoms with Crippen LogP contribution in [0.5, 0.6) is 0 Å². The smallest absolute Gasteiger partial charge is 0.0910 e. The summed E-state index contributed by atoms with van der Waals surface area (Å²) in [6.07, 6.45) is 6.88. The third kappa shape index (κ3) is 4.44. The maximum absolute atomic E-state index is 5.90. The van der Waals surface area contributed by atoms with Gasteiger partial charge in [-0.2, -0.15) is 0 Å². The second-order valence-corrected chi connectivity index (χ2v) is 7.21. The Bertz CT molecular complexity index is 691. The lowest BCUT2D eigenvalue weighted by Gasteiger charge is -2.23. The Morgan fingerprint density at radius 3 is 2.83 bits per heavy atom. The van der Waals surface area contributed by atoms with E-state index in [-0.39, 0.29) is 0 Å². The molecule has 1 aliphatic rings. The first kappa shape index (κ1) is 16.2. The molecule has 1 atom stereocenters. The summed E-state index contributed by atoms with van der Waals surface area (Å²) in [7, 11) is 2.06. The second-order valence-electron chi connectivity index (χ2n) is 5.57. The van der Waals surface area contributed by atoms with Gasteiger partial charge in [0.1, 0.15) is 0 Å². The molecule has 0 aliphatic carbocycles. The molecule has 0 fully saturated rings. The molecule has 1 unspecified atom stereocenters. The van der Waals surface area contributed by atoms with Crippen LogP contribution in [0.4, 0.5) is 0 Å². The Hall–Kier alpha value is -1.62.